The number of aromatic nitrogens is 2. The van der Waals surface area contributed by atoms with Crippen molar-refractivity contribution in [3.8, 4) is 11.6 Å². The number of rotatable bonds is 2. The van der Waals surface area contributed by atoms with Gasteiger partial charge in [0.15, 0.2) is 0 Å². The third kappa shape index (κ3) is 2.12. The van der Waals surface area contributed by atoms with E-state index < -0.39 is 5.82 Å². The molecule has 1 heterocycles. The number of aryl methyl sites for hydroxylation is 1. The van der Waals surface area contributed by atoms with Crippen LogP contribution in [0.5, 0.6) is 11.6 Å². The van der Waals surface area contributed by atoms with Crippen LogP contribution in [0.2, 0.25) is 5.02 Å². The fraction of sp³-hybridized carbons (Fsp3) is 0.0909. The maximum absolute atomic E-state index is 13.5. The largest absolute Gasteiger partial charge is 0.435 e. The van der Waals surface area contributed by atoms with Gasteiger partial charge in [-0.3, -0.25) is 0 Å². The molecule has 0 saturated heterocycles. The smallest absolute Gasteiger partial charge is 0.259 e. The van der Waals surface area contributed by atoms with Crippen molar-refractivity contribution in [1.29, 1.82) is 0 Å². The number of nitrogens with zero attached hydrogens (tertiary/aromatic N) is 2. The van der Waals surface area contributed by atoms with Gasteiger partial charge in [-0.2, -0.15) is 9.37 Å². The van der Waals surface area contributed by atoms with Crippen LogP contribution >= 0.6 is 11.6 Å². The number of hydrogen-bond acceptors (Lipinski definition) is 3. The average molecular weight is 239 g/mol. The second-order valence-corrected chi connectivity index (χ2v) is 3.52. The predicted molar refractivity (Wildman–Crippen MR) is 58.3 cm³/mol. The van der Waals surface area contributed by atoms with E-state index in [0.717, 1.165) is 0 Å². The van der Waals surface area contributed by atoms with E-state index in [1.54, 1.807) is 24.3 Å². The Morgan fingerprint density at radius 1 is 1.25 bits per heavy atom. The van der Waals surface area contributed by atoms with Gasteiger partial charge in [0.25, 0.3) is 5.88 Å². The first-order valence-electron chi connectivity index (χ1n) is 4.58. The lowest BCUT2D eigenvalue weighted by atomic mass is 10.3. The Morgan fingerprint density at radius 2 is 2.00 bits per heavy atom. The van der Waals surface area contributed by atoms with E-state index in [1.165, 1.54) is 13.3 Å². The first-order valence-corrected chi connectivity index (χ1v) is 4.96. The van der Waals surface area contributed by atoms with E-state index >= 15 is 0 Å². The summed E-state index contributed by atoms with van der Waals surface area (Å²) in [6.45, 7) is 1.54. The van der Waals surface area contributed by atoms with Gasteiger partial charge in [0.2, 0.25) is 5.82 Å². The summed E-state index contributed by atoms with van der Waals surface area (Å²) in [6.07, 6.45) is 1.24. The lowest BCUT2D eigenvalue weighted by molar-refractivity contribution is 0.417. The zero-order valence-electron chi connectivity index (χ0n) is 8.45. The Bertz CT molecular complexity index is 519. The highest BCUT2D eigenvalue weighted by Crippen LogP contribution is 2.29. The van der Waals surface area contributed by atoms with Crippen molar-refractivity contribution in [3.05, 3.63) is 47.1 Å². The average Bonchev–Trinajstić information content (AvgIpc) is 2.28. The van der Waals surface area contributed by atoms with E-state index in [9.17, 15) is 4.39 Å². The Kier molecular flexibility index (Phi) is 3.01. The molecular formula is C11H8ClFN2O. The van der Waals surface area contributed by atoms with Crippen molar-refractivity contribution in [1.82, 2.24) is 9.97 Å². The van der Waals surface area contributed by atoms with Crippen LogP contribution in [0.3, 0.4) is 0 Å². The number of hydrogen-bond donors (Lipinski definition) is 0. The monoisotopic (exact) mass is 238 g/mol. The molecule has 3 nitrogen and oxygen atoms in total. The van der Waals surface area contributed by atoms with Crippen molar-refractivity contribution in [3.63, 3.8) is 0 Å². The molecule has 1 aromatic heterocycles. The van der Waals surface area contributed by atoms with E-state index in [0.29, 0.717) is 10.8 Å². The highest BCUT2D eigenvalue weighted by atomic mass is 35.5. The maximum atomic E-state index is 13.5. The van der Waals surface area contributed by atoms with Crippen molar-refractivity contribution >= 4 is 11.6 Å². The molecule has 0 radical (unpaired) electrons. The zero-order valence-corrected chi connectivity index (χ0v) is 9.20. The first kappa shape index (κ1) is 10.8. The summed E-state index contributed by atoms with van der Waals surface area (Å²) >= 11 is 5.88. The van der Waals surface area contributed by atoms with Gasteiger partial charge in [-0.05, 0) is 19.1 Å². The Morgan fingerprint density at radius 3 is 2.75 bits per heavy atom. The van der Waals surface area contributed by atoms with Gasteiger partial charge in [0, 0.05) is 0 Å². The van der Waals surface area contributed by atoms with Crippen molar-refractivity contribution in [2.24, 2.45) is 0 Å². The van der Waals surface area contributed by atoms with E-state index in [1.807, 2.05) is 0 Å². The molecule has 2 aromatic rings. The molecule has 0 saturated carbocycles. The predicted octanol–water partition coefficient (Wildman–Crippen LogP) is 3.37. The summed E-state index contributed by atoms with van der Waals surface area (Å²) in [4.78, 5) is 7.41. The summed E-state index contributed by atoms with van der Waals surface area (Å²) in [6, 6.07) is 6.80. The zero-order chi connectivity index (χ0) is 11.5. The number of ether oxygens (including phenoxy) is 1. The van der Waals surface area contributed by atoms with Gasteiger partial charge in [-0.15, -0.1) is 0 Å². The van der Waals surface area contributed by atoms with Crippen LogP contribution in [-0.2, 0) is 0 Å². The van der Waals surface area contributed by atoms with Crippen LogP contribution in [0.1, 0.15) is 5.69 Å². The van der Waals surface area contributed by atoms with E-state index in [2.05, 4.69) is 9.97 Å². The molecule has 0 fully saturated rings. The van der Waals surface area contributed by atoms with Crippen molar-refractivity contribution < 1.29 is 9.13 Å². The molecule has 82 valence electrons. The minimum atomic E-state index is -0.581. The second-order valence-electron chi connectivity index (χ2n) is 3.11. The Balaban J connectivity index is 2.35. The normalized spacial score (nSPS) is 10.2. The van der Waals surface area contributed by atoms with Crippen LogP contribution in [-0.4, -0.2) is 9.97 Å². The molecule has 0 N–H and O–H groups in total. The fourth-order valence-electron chi connectivity index (χ4n) is 1.14. The number of para-hydroxylation sites is 1. The molecule has 0 atom stereocenters. The van der Waals surface area contributed by atoms with Crippen LogP contribution < -0.4 is 4.74 Å². The molecule has 5 heteroatoms. The second kappa shape index (κ2) is 4.45. The molecular weight excluding hydrogens is 231 g/mol. The minimum Gasteiger partial charge on any atom is -0.435 e. The van der Waals surface area contributed by atoms with E-state index in [4.69, 9.17) is 16.3 Å². The number of halogens is 2. The van der Waals surface area contributed by atoms with Gasteiger partial charge in [0.05, 0.1) is 10.7 Å². The van der Waals surface area contributed by atoms with E-state index in [-0.39, 0.29) is 11.6 Å². The third-order valence-electron chi connectivity index (χ3n) is 1.98. The van der Waals surface area contributed by atoms with Crippen LogP contribution in [0.4, 0.5) is 4.39 Å². The molecule has 0 aliphatic carbocycles. The molecule has 0 amide bonds. The van der Waals surface area contributed by atoms with Crippen LogP contribution in [0, 0.1) is 12.7 Å². The van der Waals surface area contributed by atoms with Crippen molar-refractivity contribution in [2.45, 2.75) is 6.92 Å². The standard InChI is InChI=1S/C11H8ClFN2O/c1-7-10(13)11(15-6-14-7)16-9-5-3-2-4-8(9)12/h2-6H,1H3. The summed E-state index contributed by atoms with van der Waals surface area (Å²) in [7, 11) is 0. The topological polar surface area (TPSA) is 35.0 Å². The first-order chi connectivity index (χ1) is 7.68. The molecule has 0 bridgehead atoms. The number of benzene rings is 1. The molecule has 16 heavy (non-hydrogen) atoms. The Labute approximate surface area is 96.9 Å². The SMILES string of the molecule is Cc1ncnc(Oc2ccccc2Cl)c1F. The van der Waals surface area contributed by atoms with Crippen LogP contribution in [0.15, 0.2) is 30.6 Å². The third-order valence-corrected chi connectivity index (χ3v) is 2.29. The molecule has 0 unspecified atom stereocenters. The van der Waals surface area contributed by atoms with Gasteiger partial charge in [-0.1, -0.05) is 23.7 Å². The highest BCUT2D eigenvalue weighted by Gasteiger charge is 2.11. The minimum absolute atomic E-state index is 0.124. The van der Waals surface area contributed by atoms with Gasteiger partial charge < -0.3 is 4.74 Å². The van der Waals surface area contributed by atoms with Gasteiger partial charge >= 0.3 is 0 Å². The maximum Gasteiger partial charge on any atom is 0.259 e. The summed E-state index contributed by atoms with van der Waals surface area (Å²) in [5.74, 6) is -0.343. The molecule has 1 aromatic carbocycles. The highest BCUT2D eigenvalue weighted by molar-refractivity contribution is 6.32. The molecule has 0 aliphatic rings. The molecule has 0 aliphatic heterocycles. The molecule has 2 rings (SSSR count). The van der Waals surface area contributed by atoms with Crippen LogP contribution in [0.25, 0.3) is 0 Å². The van der Waals surface area contributed by atoms with Crippen molar-refractivity contribution in [2.75, 3.05) is 0 Å². The quantitative estimate of drug-likeness (QED) is 0.805. The fourth-order valence-corrected chi connectivity index (χ4v) is 1.31. The lowest BCUT2D eigenvalue weighted by Gasteiger charge is -2.07. The summed E-state index contributed by atoms with van der Waals surface area (Å²) < 4.78 is 18.8. The molecule has 0 spiro atoms. The lowest BCUT2D eigenvalue weighted by Crippen LogP contribution is -1.96. The summed E-state index contributed by atoms with van der Waals surface area (Å²) in [5.41, 5.74) is 0.233. The van der Waals surface area contributed by atoms with Gasteiger partial charge in [0.1, 0.15) is 12.1 Å². The van der Waals surface area contributed by atoms with Gasteiger partial charge in [-0.25, -0.2) is 4.98 Å². The Hall–Kier alpha value is -1.68. The summed E-state index contributed by atoms with van der Waals surface area (Å²) in [5, 5.41) is 0.401.